The third-order valence-corrected chi connectivity index (χ3v) is 5.28. The van der Waals surface area contributed by atoms with Gasteiger partial charge in [-0.1, -0.05) is 12.1 Å². The highest BCUT2D eigenvalue weighted by molar-refractivity contribution is 5.94. The van der Waals surface area contributed by atoms with Crippen LogP contribution >= 0.6 is 0 Å². The van der Waals surface area contributed by atoms with E-state index in [0.717, 1.165) is 18.4 Å². The molecule has 2 aliphatic rings. The van der Waals surface area contributed by atoms with Crippen LogP contribution in [0.3, 0.4) is 0 Å². The van der Waals surface area contributed by atoms with E-state index in [0.29, 0.717) is 30.5 Å². The topological polar surface area (TPSA) is 84.2 Å². The van der Waals surface area contributed by atoms with Gasteiger partial charge in [0, 0.05) is 24.7 Å². The van der Waals surface area contributed by atoms with Gasteiger partial charge in [0.15, 0.2) is 0 Å². The van der Waals surface area contributed by atoms with Gasteiger partial charge in [-0.3, -0.25) is 9.59 Å². The summed E-state index contributed by atoms with van der Waals surface area (Å²) < 4.78 is 0. The molecular formula is C18H25N3O2. The number of hydrogen-bond donors (Lipinski definition) is 3. The van der Waals surface area contributed by atoms with Crippen LogP contribution in [0.25, 0.3) is 0 Å². The van der Waals surface area contributed by atoms with Gasteiger partial charge in [0.05, 0.1) is 5.92 Å². The average molecular weight is 315 g/mol. The maximum Gasteiger partial charge on any atom is 0.251 e. The molecule has 4 atom stereocenters. The fourth-order valence-corrected chi connectivity index (χ4v) is 4.12. The van der Waals surface area contributed by atoms with E-state index in [1.807, 2.05) is 25.1 Å². The zero-order valence-corrected chi connectivity index (χ0v) is 13.5. The second-order valence-electron chi connectivity index (χ2n) is 6.71. The van der Waals surface area contributed by atoms with Crippen LogP contribution in [0.15, 0.2) is 24.3 Å². The number of fused-ring (bicyclic) bond motifs is 2. The molecule has 3 rings (SSSR count). The first-order valence-electron chi connectivity index (χ1n) is 8.50. The molecule has 5 heteroatoms. The summed E-state index contributed by atoms with van der Waals surface area (Å²) in [6.07, 6.45) is 3.40. The van der Waals surface area contributed by atoms with Crippen molar-refractivity contribution in [1.82, 2.24) is 10.6 Å². The lowest BCUT2D eigenvalue weighted by Gasteiger charge is -2.27. The van der Waals surface area contributed by atoms with E-state index in [2.05, 4.69) is 10.6 Å². The van der Waals surface area contributed by atoms with Gasteiger partial charge in [-0.25, -0.2) is 0 Å². The van der Waals surface area contributed by atoms with Gasteiger partial charge < -0.3 is 16.4 Å². The maximum atomic E-state index is 12.5. The number of carbonyl (C=O) groups is 2. The Labute approximate surface area is 137 Å². The molecule has 4 N–H and O–H groups in total. The van der Waals surface area contributed by atoms with Crippen molar-refractivity contribution in [2.45, 2.75) is 38.8 Å². The first kappa shape index (κ1) is 16.0. The minimum absolute atomic E-state index is 0.00964. The molecule has 2 fully saturated rings. The molecule has 0 aliphatic heterocycles. The Kier molecular flexibility index (Phi) is 4.66. The summed E-state index contributed by atoms with van der Waals surface area (Å²) >= 11 is 0. The van der Waals surface area contributed by atoms with E-state index in [1.165, 1.54) is 6.42 Å². The molecule has 2 saturated carbocycles. The van der Waals surface area contributed by atoms with Crippen LogP contribution in [0.4, 0.5) is 0 Å². The van der Waals surface area contributed by atoms with Crippen molar-refractivity contribution in [2.24, 2.45) is 23.5 Å². The predicted octanol–water partition coefficient (Wildman–Crippen LogP) is 1.43. The predicted molar refractivity (Wildman–Crippen MR) is 88.6 cm³/mol. The Morgan fingerprint density at radius 3 is 2.70 bits per heavy atom. The van der Waals surface area contributed by atoms with Crippen LogP contribution in [-0.4, -0.2) is 24.4 Å². The molecule has 2 bridgehead atoms. The van der Waals surface area contributed by atoms with Crippen LogP contribution in [0.2, 0.25) is 0 Å². The van der Waals surface area contributed by atoms with E-state index in [4.69, 9.17) is 5.73 Å². The van der Waals surface area contributed by atoms with Crippen molar-refractivity contribution in [1.29, 1.82) is 0 Å². The first-order valence-corrected chi connectivity index (χ1v) is 8.50. The minimum Gasteiger partial charge on any atom is -0.352 e. The lowest BCUT2D eigenvalue weighted by Crippen LogP contribution is -2.45. The number of rotatable bonds is 5. The minimum atomic E-state index is -0.0872. The number of benzene rings is 1. The van der Waals surface area contributed by atoms with Crippen molar-refractivity contribution in [3.05, 3.63) is 35.4 Å². The normalized spacial score (nSPS) is 28.6. The lowest BCUT2D eigenvalue weighted by molar-refractivity contribution is -0.127. The Morgan fingerprint density at radius 1 is 1.22 bits per heavy atom. The van der Waals surface area contributed by atoms with Crippen LogP contribution in [0.5, 0.6) is 0 Å². The van der Waals surface area contributed by atoms with Crippen molar-refractivity contribution >= 4 is 11.8 Å². The highest BCUT2D eigenvalue weighted by Crippen LogP contribution is 2.47. The summed E-state index contributed by atoms with van der Waals surface area (Å²) in [6, 6.07) is 7.38. The maximum absolute atomic E-state index is 12.5. The van der Waals surface area contributed by atoms with Gasteiger partial charge >= 0.3 is 0 Å². The second kappa shape index (κ2) is 6.71. The van der Waals surface area contributed by atoms with Gasteiger partial charge in [-0.15, -0.1) is 0 Å². The van der Waals surface area contributed by atoms with Gasteiger partial charge in [0.25, 0.3) is 5.91 Å². The Hall–Kier alpha value is -1.88. The van der Waals surface area contributed by atoms with Crippen LogP contribution in [0, 0.1) is 17.8 Å². The van der Waals surface area contributed by atoms with Crippen LogP contribution < -0.4 is 16.4 Å². The van der Waals surface area contributed by atoms with Crippen molar-refractivity contribution in [3.8, 4) is 0 Å². The molecule has 0 spiro atoms. The Balaban J connectivity index is 1.59. The van der Waals surface area contributed by atoms with E-state index in [-0.39, 0.29) is 23.8 Å². The number of amides is 2. The summed E-state index contributed by atoms with van der Waals surface area (Å²) in [5.74, 6) is 0.915. The molecule has 2 amide bonds. The number of carbonyl (C=O) groups excluding carboxylic acids is 2. The van der Waals surface area contributed by atoms with E-state index in [9.17, 15) is 9.59 Å². The number of nitrogens with two attached hydrogens (primary N) is 1. The molecular weight excluding hydrogens is 290 g/mol. The molecule has 1 aromatic rings. The fraction of sp³-hybridized carbons (Fsp3) is 0.556. The van der Waals surface area contributed by atoms with Crippen LogP contribution in [0.1, 0.15) is 42.1 Å². The van der Waals surface area contributed by atoms with Crippen molar-refractivity contribution in [3.63, 3.8) is 0 Å². The molecule has 0 saturated heterocycles. The summed E-state index contributed by atoms with van der Waals surface area (Å²) in [7, 11) is 0. The number of hydrogen-bond acceptors (Lipinski definition) is 3. The standard InChI is InChI=1S/C18H25N3O2/c1-2-20-17(22)14-5-3-4-11(8-14)10-21-18(23)15-12-6-7-13(9-12)16(15)19/h3-5,8,12-13,15-16H,2,6-7,9-10,19H2,1H3,(H,20,22)(H,21,23). The van der Waals surface area contributed by atoms with Gasteiger partial charge in [-0.05, 0) is 55.7 Å². The highest BCUT2D eigenvalue weighted by atomic mass is 16.2. The zero-order valence-electron chi connectivity index (χ0n) is 13.5. The third kappa shape index (κ3) is 3.24. The molecule has 2 aliphatic carbocycles. The molecule has 0 radical (unpaired) electrons. The molecule has 1 aromatic carbocycles. The molecule has 23 heavy (non-hydrogen) atoms. The molecule has 0 heterocycles. The SMILES string of the molecule is CCNC(=O)c1cccc(CNC(=O)C2C3CCC(C3)C2N)c1. The Bertz CT molecular complexity index is 600. The van der Waals surface area contributed by atoms with E-state index < -0.39 is 0 Å². The van der Waals surface area contributed by atoms with Gasteiger partial charge in [-0.2, -0.15) is 0 Å². The smallest absolute Gasteiger partial charge is 0.251 e. The average Bonchev–Trinajstić information content (AvgIpc) is 3.14. The highest BCUT2D eigenvalue weighted by Gasteiger charge is 2.48. The first-order chi connectivity index (χ1) is 11.1. The molecule has 124 valence electrons. The van der Waals surface area contributed by atoms with Gasteiger partial charge in [0.2, 0.25) is 5.91 Å². The summed E-state index contributed by atoms with van der Waals surface area (Å²) in [4.78, 5) is 24.3. The van der Waals surface area contributed by atoms with E-state index in [1.54, 1.807) is 6.07 Å². The molecule has 4 unspecified atom stereocenters. The molecule has 5 nitrogen and oxygen atoms in total. The van der Waals surface area contributed by atoms with Crippen molar-refractivity contribution < 1.29 is 9.59 Å². The lowest BCUT2D eigenvalue weighted by atomic mass is 9.84. The number of nitrogens with one attached hydrogen (secondary N) is 2. The molecule has 0 aromatic heterocycles. The van der Waals surface area contributed by atoms with Gasteiger partial charge in [0.1, 0.15) is 0 Å². The zero-order chi connectivity index (χ0) is 16.4. The summed E-state index contributed by atoms with van der Waals surface area (Å²) in [5, 5.41) is 5.78. The summed E-state index contributed by atoms with van der Waals surface area (Å²) in [6.45, 7) is 2.93. The summed E-state index contributed by atoms with van der Waals surface area (Å²) in [5.41, 5.74) is 7.77. The monoisotopic (exact) mass is 315 g/mol. The van der Waals surface area contributed by atoms with Crippen LogP contribution in [-0.2, 0) is 11.3 Å². The van der Waals surface area contributed by atoms with Crippen molar-refractivity contribution in [2.75, 3.05) is 6.54 Å². The quantitative estimate of drug-likeness (QED) is 0.768. The third-order valence-electron chi connectivity index (χ3n) is 5.28. The fourth-order valence-electron chi connectivity index (χ4n) is 4.12. The van der Waals surface area contributed by atoms with E-state index >= 15 is 0 Å². The Morgan fingerprint density at radius 2 is 2.00 bits per heavy atom. The largest absolute Gasteiger partial charge is 0.352 e. The second-order valence-corrected chi connectivity index (χ2v) is 6.71.